The summed E-state index contributed by atoms with van der Waals surface area (Å²) in [5.41, 5.74) is -0.812. The monoisotopic (exact) mass is 599 g/mol. The van der Waals surface area contributed by atoms with Gasteiger partial charge in [-0.1, -0.05) is 67.9 Å². The number of urea groups is 1. The number of hydrogen-bond donors (Lipinski definition) is 2. The van der Waals surface area contributed by atoms with Crippen molar-refractivity contribution in [3.05, 3.63) is 12.7 Å². The van der Waals surface area contributed by atoms with Crippen molar-refractivity contribution in [1.29, 1.82) is 0 Å². The molecule has 0 radical (unpaired) electrons. The molecule has 3 amide bonds. The first-order valence-corrected chi connectivity index (χ1v) is 16.1. The lowest BCUT2D eigenvalue weighted by molar-refractivity contribution is -0.144. The smallest absolute Gasteiger partial charge is 0.316 e. The van der Waals surface area contributed by atoms with Crippen LogP contribution in [0.5, 0.6) is 0 Å². The summed E-state index contributed by atoms with van der Waals surface area (Å²) in [5.74, 6) is -2.28. The highest BCUT2D eigenvalue weighted by atomic mass is 16.2. The third-order valence-corrected chi connectivity index (χ3v) is 9.76. The van der Waals surface area contributed by atoms with Crippen molar-refractivity contribution in [1.82, 2.24) is 15.5 Å². The van der Waals surface area contributed by atoms with Gasteiger partial charge in [-0.15, -0.1) is 6.58 Å². The second kappa shape index (κ2) is 13.4. The minimum absolute atomic E-state index is 0.0140. The third-order valence-electron chi connectivity index (χ3n) is 9.76. The van der Waals surface area contributed by atoms with Gasteiger partial charge in [-0.25, -0.2) is 4.79 Å². The molecule has 43 heavy (non-hydrogen) atoms. The summed E-state index contributed by atoms with van der Waals surface area (Å²) in [6, 6.07) is -2.89. The molecule has 9 nitrogen and oxygen atoms in total. The van der Waals surface area contributed by atoms with Crippen LogP contribution in [0, 0.1) is 40.4 Å². The zero-order chi connectivity index (χ0) is 32.4. The molecule has 3 rings (SSSR count). The molecule has 2 saturated carbocycles. The number of hydrogen-bond acceptors (Lipinski definition) is 6. The Kier molecular flexibility index (Phi) is 10.8. The van der Waals surface area contributed by atoms with Gasteiger partial charge in [-0.05, 0) is 54.3 Å². The molecule has 3 aliphatic rings. The number of amides is 3. The largest absolute Gasteiger partial charge is 0.330 e. The molecule has 0 aromatic carbocycles. The maximum atomic E-state index is 14.2. The predicted octanol–water partition coefficient (Wildman–Crippen LogP) is 4.67. The molecule has 6 atom stereocenters. The van der Waals surface area contributed by atoms with Crippen molar-refractivity contribution in [3.63, 3.8) is 0 Å². The van der Waals surface area contributed by atoms with Crippen molar-refractivity contribution in [2.45, 2.75) is 118 Å². The van der Waals surface area contributed by atoms with Gasteiger partial charge < -0.3 is 15.5 Å². The van der Waals surface area contributed by atoms with Crippen LogP contribution in [0.1, 0.15) is 100 Å². The van der Waals surface area contributed by atoms with E-state index in [1.54, 1.807) is 11.0 Å². The van der Waals surface area contributed by atoms with Crippen molar-refractivity contribution in [2.75, 3.05) is 6.54 Å². The van der Waals surface area contributed by atoms with E-state index in [1.807, 2.05) is 41.5 Å². The fourth-order valence-electron chi connectivity index (χ4n) is 6.82. The normalized spacial score (nSPS) is 24.4. The number of Topliss-reactive ketones (excluding diaryl/α,β-unsaturated/α-hetero) is 4. The number of piperidine rings is 1. The molecule has 1 saturated heterocycles. The van der Waals surface area contributed by atoms with Crippen molar-refractivity contribution >= 4 is 35.1 Å². The van der Waals surface area contributed by atoms with E-state index in [1.165, 1.54) is 0 Å². The second-order valence-corrected chi connectivity index (χ2v) is 15.0. The molecule has 0 aromatic heterocycles. The maximum Gasteiger partial charge on any atom is 0.316 e. The lowest BCUT2D eigenvalue weighted by atomic mass is 9.83. The number of rotatable bonds is 16. The van der Waals surface area contributed by atoms with Crippen LogP contribution in [0.15, 0.2) is 12.7 Å². The van der Waals surface area contributed by atoms with Crippen LogP contribution in [0.25, 0.3) is 0 Å². The van der Waals surface area contributed by atoms with E-state index in [0.717, 1.165) is 12.8 Å². The molecule has 0 spiro atoms. The van der Waals surface area contributed by atoms with Gasteiger partial charge in [0, 0.05) is 31.2 Å². The van der Waals surface area contributed by atoms with Crippen LogP contribution >= 0.6 is 0 Å². The van der Waals surface area contributed by atoms with E-state index in [-0.39, 0.29) is 59.4 Å². The third kappa shape index (κ3) is 7.82. The molecule has 2 aliphatic carbocycles. The summed E-state index contributed by atoms with van der Waals surface area (Å²) in [7, 11) is 0. The van der Waals surface area contributed by atoms with Gasteiger partial charge in [-0.3, -0.25) is 24.0 Å². The minimum Gasteiger partial charge on any atom is -0.330 e. The molecule has 1 heterocycles. The molecule has 3 fully saturated rings. The lowest BCUT2D eigenvalue weighted by Gasteiger charge is -2.38. The maximum absolute atomic E-state index is 14.2. The summed E-state index contributed by atoms with van der Waals surface area (Å²) in [5, 5.41) is 5.66. The average molecular weight is 600 g/mol. The number of ketones is 4. The summed E-state index contributed by atoms with van der Waals surface area (Å²) in [6.07, 6.45) is 4.73. The van der Waals surface area contributed by atoms with Gasteiger partial charge in [0.2, 0.25) is 11.7 Å². The van der Waals surface area contributed by atoms with Crippen molar-refractivity contribution < 1.29 is 28.8 Å². The highest BCUT2D eigenvalue weighted by molar-refractivity contribution is 6.38. The standard InChI is InChI=1S/C34H53N3O6/c1-10-12-14-23(38)28(40)21(13-11-2)17-24(39)27-25-22(34(25,8)9)18-37(27)31(42)30(33(5,6)7)36-32(43)35-26(19(3)4)29(41)20-15-16-20/h10,19-22,25-27,30H,1,11-18H2,2-9H3,(H2,35,36,43)/t21?,22-,25-,26-,27+,30+/m0/s1. The fourth-order valence-corrected chi connectivity index (χ4v) is 6.82. The number of carbonyl (C=O) groups is 6. The fraction of sp³-hybridized carbons (Fsp3) is 0.765. The summed E-state index contributed by atoms with van der Waals surface area (Å²) < 4.78 is 0. The van der Waals surface area contributed by atoms with Crippen molar-refractivity contribution in [3.8, 4) is 0 Å². The number of carbonyl (C=O) groups excluding carboxylic acids is 6. The topological polar surface area (TPSA) is 130 Å². The van der Waals surface area contributed by atoms with Gasteiger partial charge in [-0.2, -0.15) is 0 Å². The molecule has 240 valence electrons. The van der Waals surface area contributed by atoms with Gasteiger partial charge in [0.15, 0.2) is 17.3 Å². The van der Waals surface area contributed by atoms with Gasteiger partial charge in [0.05, 0.1) is 12.1 Å². The Morgan fingerprint density at radius 3 is 2.19 bits per heavy atom. The molecular weight excluding hydrogens is 546 g/mol. The average Bonchev–Trinajstić information content (AvgIpc) is 3.80. The van der Waals surface area contributed by atoms with Crippen LogP contribution in [-0.4, -0.2) is 64.6 Å². The van der Waals surface area contributed by atoms with Gasteiger partial charge in [0.1, 0.15) is 6.04 Å². The van der Waals surface area contributed by atoms with Crippen LogP contribution in [0.3, 0.4) is 0 Å². The Bertz CT molecular complexity index is 1130. The van der Waals surface area contributed by atoms with Gasteiger partial charge >= 0.3 is 6.03 Å². The first-order valence-electron chi connectivity index (χ1n) is 16.1. The van der Waals surface area contributed by atoms with E-state index < -0.39 is 47.1 Å². The quantitative estimate of drug-likeness (QED) is 0.196. The molecule has 1 aliphatic heterocycles. The number of allylic oxidation sites excluding steroid dienone is 1. The summed E-state index contributed by atoms with van der Waals surface area (Å²) >= 11 is 0. The summed E-state index contributed by atoms with van der Waals surface area (Å²) in [4.78, 5) is 81.3. The van der Waals surface area contributed by atoms with E-state index in [2.05, 4.69) is 31.1 Å². The highest BCUT2D eigenvalue weighted by Crippen LogP contribution is 2.65. The van der Waals surface area contributed by atoms with E-state index in [9.17, 15) is 28.8 Å². The Balaban J connectivity index is 1.80. The first kappa shape index (κ1) is 34.6. The number of nitrogens with one attached hydrogen (secondary N) is 2. The second-order valence-electron chi connectivity index (χ2n) is 15.0. The SMILES string of the molecule is C=CCCC(=O)C(=O)C(CCC)CC(=O)[C@@H]1[C@@H]2[C@H](CN1C(=O)[C@@H](NC(=O)N[C@H](C(=O)C1CC1)C(C)C)C(C)(C)C)C2(C)C. The molecular formula is C34H53N3O6. The zero-order valence-corrected chi connectivity index (χ0v) is 27.5. The predicted molar refractivity (Wildman–Crippen MR) is 165 cm³/mol. The van der Waals surface area contributed by atoms with E-state index in [0.29, 0.717) is 25.8 Å². The molecule has 0 aromatic rings. The summed E-state index contributed by atoms with van der Waals surface area (Å²) in [6.45, 7) is 19.4. The lowest BCUT2D eigenvalue weighted by Crippen LogP contribution is -2.61. The van der Waals surface area contributed by atoms with Gasteiger partial charge in [0.25, 0.3) is 0 Å². The molecule has 1 unspecified atom stereocenters. The Morgan fingerprint density at radius 1 is 1.05 bits per heavy atom. The number of fused-ring (bicyclic) bond motifs is 1. The number of nitrogens with zero attached hydrogens (tertiary/aromatic N) is 1. The van der Waals surface area contributed by atoms with Crippen LogP contribution in [-0.2, 0) is 24.0 Å². The van der Waals surface area contributed by atoms with E-state index >= 15 is 0 Å². The Hall–Kier alpha value is -2.84. The Morgan fingerprint density at radius 2 is 1.67 bits per heavy atom. The zero-order valence-electron chi connectivity index (χ0n) is 27.5. The van der Waals surface area contributed by atoms with Crippen molar-refractivity contribution in [2.24, 2.45) is 40.4 Å². The van der Waals surface area contributed by atoms with Crippen LogP contribution in [0.4, 0.5) is 4.79 Å². The minimum atomic E-state index is -0.944. The number of likely N-dealkylation sites (tertiary alicyclic amines) is 1. The van der Waals surface area contributed by atoms with Crippen LogP contribution < -0.4 is 10.6 Å². The highest BCUT2D eigenvalue weighted by Gasteiger charge is 2.69. The van der Waals surface area contributed by atoms with E-state index in [4.69, 9.17) is 0 Å². The first-order chi connectivity index (χ1) is 20.0. The molecule has 0 bridgehead atoms. The Labute approximate surface area is 257 Å². The van der Waals surface area contributed by atoms with Crippen LogP contribution in [0.2, 0.25) is 0 Å². The molecule has 2 N–H and O–H groups in total. The molecule has 9 heteroatoms.